The lowest BCUT2D eigenvalue weighted by atomic mass is 10.00. The van der Waals surface area contributed by atoms with Gasteiger partial charge in [-0.05, 0) is 30.4 Å². The zero-order valence-electron chi connectivity index (χ0n) is 11.0. The summed E-state index contributed by atoms with van der Waals surface area (Å²) in [4.78, 5) is 10.9. The van der Waals surface area contributed by atoms with E-state index in [1.165, 1.54) is 18.4 Å². The molecule has 1 saturated carbocycles. The summed E-state index contributed by atoms with van der Waals surface area (Å²) in [6.45, 7) is 4.82. The molecule has 1 fully saturated rings. The number of aliphatic carboxylic acids is 1. The summed E-state index contributed by atoms with van der Waals surface area (Å²) in [7, 11) is 0. The predicted molar refractivity (Wildman–Crippen MR) is 71.5 cm³/mol. The molecule has 1 aliphatic rings. The Morgan fingerprint density at radius 1 is 1.44 bits per heavy atom. The standard InChI is InChI=1S/C15H21NO2/c1-3-12-8-14(12)16-9-11-4-6-13(7-5-11)10(2)15(17)18/h4-7,10,12,14,16H,3,8-9H2,1-2H3,(H,17,18). The summed E-state index contributed by atoms with van der Waals surface area (Å²) in [6, 6.07) is 8.56. The van der Waals surface area contributed by atoms with E-state index in [4.69, 9.17) is 5.11 Å². The first kappa shape index (κ1) is 13.1. The van der Waals surface area contributed by atoms with Gasteiger partial charge in [0.25, 0.3) is 0 Å². The Hall–Kier alpha value is -1.35. The van der Waals surface area contributed by atoms with Crippen LogP contribution in [0.5, 0.6) is 0 Å². The Bertz CT molecular complexity index is 413. The highest BCUT2D eigenvalue weighted by molar-refractivity contribution is 5.75. The molecule has 0 radical (unpaired) electrons. The van der Waals surface area contributed by atoms with Crippen LogP contribution in [0, 0.1) is 5.92 Å². The Labute approximate surface area is 108 Å². The van der Waals surface area contributed by atoms with Crippen molar-refractivity contribution < 1.29 is 9.90 Å². The molecular weight excluding hydrogens is 226 g/mol. The quantitative estimate of drug-likeness (QED) is 0.812. The number of hydrogen-bond acceptors (Lipinski definition) is 2. The second-order valence-corrected chi connectivity index (χ2v) is 5.19. The van der Waals surface area contributed by atoms with E-state index in [-0.39, 0.29) is 0 Å². The third-order valence-corrected chi connectivity index (χ3v) is 3.87. The molecule has 1 aromatic carbocycles. The first-order chi connectivity index (χ1) is 8.61. The number of rotatable bonds is 6. The molecule has 18 heavy (non-hydrogen) atoms. The number of carbonyl (C=O) groups is 1. The van der Waals surface area contributed by atoms with Gasteiger partial charge in [-0.2, -0.15) is 0 Å². The van der Waals surface area contributed by atoms with E-state index in [0.717, 1.165) is 18.0 Å². The Morgan fingerprint density at radius 3 is 2.61 bits per heavy atom. The van der Waals surface area contributed by atoms with Crippen molar-refractivity contribution in [1.29, 1.82) is 0 Å². The van der Waals surface area contributed by atoms with Gasteiger partial charge < -0.3 is 10.4 Å². The van der Waals surface area contributed by atoms with Gasteiger partial charge in [0, 0.05) is 12.6 Å². The Morgan fingerprint density at radius 2 is 2.11 bits per heavy atom. The SMILES string of the molecule is CCC1CC1NCc1ccc(C(C)C(=O)O)cc1. The Kier molecular flexibility index (Phi) is 4.02. The molecule has 2 N–H and O–H groups in total. The van der Waals surface area contributed by atoms with Crippen LogP contribution < -0.4 is 5.32 Å². The third-order valence-electron chi connectivity index (χ3n) is 3.87. The van der Waals surface area contributed by atoms with E-state index in [1.807, 2.05) is 24.3 Å². The summed E-state index contributed by atoms with van der Waals surface area (Å²) in [5, 5.41) is 12.5. The Balaban J connectivity index is 1.86. The van der Waals surface area contributed by atoms with Crippen molar-refractivity contribution in [3.63, 3.8) is 0 Å². The summed E-state index contributed by atoms with van der Waals surface area (Å²) in [5.41, 5.74) is 2.09. The molecule has 98 valence electrons. The van der Waals surface area contributed by atoms with Crippen molar-refractivity contribution in [3.8, 4) is 0 Å². The molecule has 3 nitrogen and oxygen atoms in total. The van der Waals surface area contributed by atoms with Gasteiger partial charge in [-0.3, -0.25) is 4.79 Å². The lowest BCUT2D eigenvalue weighted by Gasteiger charge is -2.08. The summed E-state index contributed by atoms with van der Waals surface area (Å²) >= 11 is 0. The zero-order chi connectivity index (χ0) is 13.1. The van der Waals surface area contributed by atoms with Gasteiger partial charge in [-0.1, -0.05) is 37.6 Å². The molecule has 3 atom stereocenters. The predicted octanol–water partition coefficient (Wildman–Crippen LogP) is 2.76. The monoisotopic (exact) mass is 247 g/mol. The van der Waals surface area contributed by atoms with Gasteiger partial charge in [-0.25, -0.2) is 0 Å². The zero-order valence-corrected chi connectivity index (χ0v) is 11.0. The van der Waals surface area contributed by atoms with Crippen molar-refractivity contribution in [3.05, 3.63) is 35.4 Å². The first-order valence-electron chi connectivity index (χ1n) is 6.66. The van der Waals surface area contributed by atoms with Gasteiger partial charge in [0.1, 0.15) is 0 Å². The lowest BCUT2D eigenvalue weighted by Crippen LogP contribution is -2.17. The second-order valence-electron chi connectivity index (χ2n) is 5.19. The molecule has 0 aliphatic heterocycles. The van der Waals surface area contributed by atoms with Crippen LogP contribution in [-0.2, 0) is 11.3 Å². The maximum atomic E-state index is 10.9. The van der Waals surface area contributed by atoms with Gasteiger partial charge in [0.2, 0.25) is 0 Å². The minimum atomic E-state index is -0.773. The summed E-state index contributed by atoms with van der Waals surface area (Å²) in [5.74, 6) is -0.346. The molecule has 0 spiro atoms. The highest BCUT2D eigenvalue weighted by Gasteiger charge is 2.34. The van der Waals surface area contributed by atoms with E-state index >= 15 is 0 Å². The molecule has 2 rings (SSSR count). The lowest BCUT2D eigenvalue weighted by molar-refractivity contribution is -0.138. The van der Waals surface area contributed by atoms with Crippen molar-refractivity contribution in [2.75, 3.05) is 0 Å². The van der Waals surface area contributed by atoms with Gasteiger partial charge in [0.05, 0.1) is 5.92 Å². The molecular formula is C15H21NO2. The second kappa shape index (κ2) is 5.53. The number of benzene rings is 1. The number of nitrogens with one attached hydrogen (secondary N) is 1. The molecule has 3 heteroatoms. The number of carboxylic acids is 1. The van der Waals surface area contributed by atoms with E-state index in [1.54, 1.807) is 6.92 Å². The fraction of sp³-hybridized carbons (Fsp3) is 0.533. The van der Waals surface area contributed by atoms with Crippen LogP contribution in [0.2, 0.25) is 0 Å². The molecule has 0 saturated heterocycles. The van der Waals surface area contributed by atoms with Crippen LogP contribution in [0.15, 0.2) is 24.3 Å². The summed E-state index contributed by atoms with van der Waals surface area (Å²) < 4.78 is 0. The van der Waals surface area contributed by atoms with Crippen molar-refractivity contribution >= 4 is 5.97 Å². The van der Waals surface area contributed by atoms with E-state index in [2.05, 4.69) is 12.2 Å². The van der Waals surface area contributed by atoms with Crippen LogP contribution in [0.1, 0.15) is 43.7 Å². The molecule has 3 unspecified atom stereocenters. The normalized spacial score (nSPS) is 23.7. The fourth-order valence-corrected chi connectivity index (χ4v) is 2.26. The van der Waals surface area contributed by atoms with Gasteiger partial charge in [-0.15, -0.1) is 0 Å². The van der Waals surface area contributed by atoms with Gasteiger partial charge >= 0.3 is 5.97 Å². The number of hydrogen-bond donors (Lipinski definition) is 2. The fourth-order valence-electron chi connectivity index (χ4n) is 2.26. The average Bonchev–Trinajstić information content (AvgIpc) is 3.14. The van der Waals surface area contributed by atoms with Crippen LogP contribution in [0.25, 0.3) is 0 Å². The van der Waals surface area contributed by atoms with E-state index in [0.29, 0.717) is 6.04 Å². The smallest absolute Gasteiger partial charge is 0.310 e. The van der Waals surface area contributed by atoms with Gasteiger partial charge in [0.15, 0.2) is 0 Å². The molecule has 0 heterocycles. The molecule has 1 aliphatic carbocycles. The molecule has 0 amide bonds. The van der Waals surface area contributed by atoms with Crippen LogP contribution in [-0.4, -0.2) is 17.1 Å². The highest BCUT2D eigenvalue weighted by Crippen LogP contribution is 2.33. The van der Waals surface area contributed by atoms with Crippen molar-refractivity contribution in [1.82, 2.24) is 5.32 Å². The molecule has 0 bridgehead atoms. The average molecular weight is 247 g/mol. The van der Waals surface area contributed by atoms with Crippen LogP contribution in [0.4, 0.5) is 0 Å². The van der Waals surface area contributed by atoms with Crippen molar-refractivity contribution in [2.24, 2.45) is 5.92 Å². The van der Waals surface area contributed by atoms with E-state index < -0.39 is 11.9 Å². The maximum Gasteiger partial charge on any atom is 0.310 e. The molecule has 0 aromatic heterocycles. The van der Waals surface area contributed by atoms with Crippen LogP contribution >= 0.6 is 0 Å². The van der Waals surface area contributed by atoms with Crippen molar-refractivity contribution in [2.45, 2.75) is 45.2 Å². The third kappa shape index (κ3) is 3.10. The minimum Gasteiger partial charge on any atom is -0.481 e. The molecule has 1 aromatic rings. The largest absolute Gasteiger partial charge is 0.481 e. The highest BCUT2D eigenvalue weighted by atomic mass is 16.4. The topological polar surface area (TPSA) is 49.3 Å². The van der Waals surface area contributed by atoms with E-state index in [9.17, 15) is 4.79 Å². The first-order valence-corrected chi connectivity index (χ1v) is 6.66. The summed E-state index contributed by atoms with van der Waals surface area (Å²) in [6.07, 6.45) is 2.55. The minimum absolute atomic E-state index is 0.431. The number of carboxylic acid groups (broad SMARTS) is 1. The maximum absolute atomic E-state index is 10.9. The van der Waals surface area contributed by atoms with Crippen LogP contribution in [0.3, 0.4) is 0 Å².